The number of benzene rings is 2. The van der Waals surface area contributed by atoms with Crippen molar-refractivity contribution in [2.24, 2.45) is 0 Å². The van der Waals surface area contributed by atoms with Gasteiger partial charge in [-0.15, -0.1) is 0 Å². The van der Waals surface area contributed by atoms with Gasteiger partial charge in [0.2, 0.25) is 0 Å². The van der Waals surface area contributed by atoms with Gasteiger partial charge in [-0.25, -0.2) is 0 Å². The number of ketones is 1. The first kappa shape index (κ1) is 22.0. The van der Waals surface area contributed by atoms with Gasteiger partial charge in [-0.1, -0.05) is 22.0 Å². The number of methoxy groups -OCH3 is 2. The third-order valence-electron chi connectivity index (χ3n) is 5.50. The van der Waals surface area contributed by atoms with Crippen molar-refractivity contribution < 1.29 is 24.2 Å². The SMILES string of the molecule is COc1ccc(CN2C(=O)[C@@](O)(CC(=O)c3ccncc3)c3cc(Br)ccc32)cc1OC. The predicted octanol–water partition coefficient (Wildman–Crippen LogP) is 3.87. The van der Waals surface area contributed by atoms with Crippen LogP contribution in [0.15, 0.2) is 65.4 Å². The molecule has 1 aromatic heterocycles. The highest BCUT2D eigenvalue weighted by Crippen LogP contribution is 2.45. The summed E-state index contributed by atoms with van der Waals surface area (Å²) in [5.41, 5.74) is 0.138. The summed E-state index contributed by atoms with van der Waals surface area (Å²) in [6.07, 6.45) is 2.63. The van der Waals surface area contributed by atoms with E-state index in [9.17, 15) is 14.7 Å². The van der Waals surface area contributed by atoms with E-state index in [2.05, 4.69) is 20.9 Å². The van der Waals surface area contributed by atoms with Gasteiger partial charge >= 0.3 is 0 Å². The monoisotopic (exact) mass is 496 g/mol. The van der Waals surface area contributed by atoms with Crippen LogP contribution in [0.4, 0.5) is 5.69 Å². The number of Topliss-reactive ketones (excluding diaryl/α,β-unsaturated/α-hetero) is 1. The number of fused-ring (bicyclic) bond motifs is 1. The van der Waals surface area contributed by atoms with Crippen molar-refractivity contribution in [1.29, 1.82) is 0 Å². The molecule has 4 rings (SSSR count). The van der Waals surface area contributed by atoms with Crippen LogP contribution in [0.2, 0.25) is 0 Å². The Morgan fingerprint density at radius 3 is 2.47 bits per heavy atom. The lowest BCUT2D eigenvalue weighted by Crippen LogP contribution is -2.41. The van der Waals surface area contributed by atoms with Crippen molar-refractivity contribution in [2.45, 2.75) is 18.6 Å². The minimum absolute atomic E-state index is 0.194. The number of aliphatic hydroxyl groups is 1. The van der Waals surface area contributed by atoms with E-state index in [-0.39, 0.29) is 18.7 Å². The smallest absolute Gasteiger partial charge is 0.264 e. The first-order valence-electron chi connectivity index (χ1n) is 9.86. The lowest BCUT2D eigenvalue weighted by Gasteiger charge is -2.23. The quantitative estimate of drug-likeness (QED) is 0.499. The van der Waals surface area contributed by atoms with Gasteiger partial charge in [-0.3, -0.25) is 14.6 Å². The third-order valence-corrected chi connectivity index (χ3v) is 5.99. The van der Waals surface area contributed by atoms with Gasteiger partial charge in [-0.05, 0) is 48.0 Å². The van der Waals surface area contributed by atoms with Crippen molar-refractivity contribution >= 4 is 33.3 Å². The summed E-state index contributed by atoms with van der Waals surface area (Å²) in [5.74, 6) is 0.216. The zero-order chi connectivity index (χ0) is 22.9. The van der Waals surface area contributed by atoms with Crippen LogP contribution < -0.4 is 14.4 Å². The van der Waals surface area contributed by atoms with E-state index in [1.165, 1.54) is 17.3 Å². The van der Waals surface area contributed by atoms with Crippen molar-refractivity contribution in [3.63, 3.8) is 0 Å². The van der Waals surface area contributed by atoms with E-state index >= 15 is 0 Å². The van der Waals surface area contributed by atoms with Crippen LogP contribution >= 0.6 is 15.9 Å². The maximum absolute atomic E-state index is 13.5. The second-order valence-electron chi connectivity index (χ2n) is 7.44. The molecule has 0 unspecified atom stereocenters. The number of carbonyl (C=O) groups excluding carboxylic acids is 2. The van der Waals surface area contributed by atoms with Crippen LogP contribution in [0, 0.1) is 0 Å². The Balaban J connectivity index is 1.70. The van der Waals surface area contributed by atoms with Crippen molar-refractivity contribution in [2.75, 3.05) is 19.1 Å². The Kier molecular flexibility index (Phi) is 5.99. The summed E-state index contributed by atoms with van der Waals surface area (Å²) >= 11 is 3.40. The molecule has 7 nitrogen and oxygen atoms in total. The first-order chi connectivity index (χ1) is 15.4. The molecule has 1 N–H and O–H groups in total. The zero-order valence-electron chi connectivity index (χ0n) is 17.5. The number of carbonyl (C=O) groups is 2. The van der Waals surface area contributed by atoms with Gasteiger partial charge < -0.3 is 19.5 Å². The molecule has 0 spiro atoms. The number of halogens is 1. The van der Waals surface area contributed by atoms with Crippen LogP contribution in [0.25, 0.3) is 0 Å². The molecule has 8 heteroatoms. The minimum Gasteiger partial charge on any atom is -0.493 e. The molecule has 0 saturated carbocycles. The fourth-order valence-electron chi connectivity index (χ4n) is 3.88. The largest absolute Gasteiger partial charge is 0.493 e. The molecule has 1 aliphatic rings. The third kappa shape index (κ3) is 3.87. The van der Waals surface area contributed by atoms with Gasteiger partial charge in [0.15, 0.2) is 22.9 Å². The number of rotatable bonds is 7. The summed E-state index contributed by atoms with van der Waals surface area (Å²) in [4.78, 5) is 31.7. The topological polar surface area (TPSA) is 89.0 Å². The fourth-order valence-corrected chi connectivity index (χ4v) is 4.25. The molecular weight excluding hydrogens is 476 g/mol. The first-order valence-corrected chi connectivity index (χ1v) is 10.6. The molecule has 1 atom stereocenters. The summed E-state index contributed by atoms with van der Waals surface area (Å²) in [6.45, 7) is 0.194. The Morgan fingerprint density at radius 1 is 1.06 bits per heavy atom. The predicted molar refractivity (Wildman–Crippen MR) is 122 cm³/mol. The standard InChI is InChI=1S/C24H21BrN2O5/c1-31-21-6-3-15(11-22(21)32-2)14-27-19-5-4-17(25)12-18(19)24(30,23(27)29)13-20(28)16-7-9-26-10-8-16/h3-12,30H,13-14H2,1-2H3/t24-/m1/s1. The Labute approximate surface area is 193 Å². The summed E-state index contributed by atoms with van der Waals surface area (Å²) in [7, 11) is 3.09. The van der Waals surface area contributed by atoms with Crippen LogP contribution in [-0.2, 0) is 16.9 Å². The van der Waals surface area contributed by atoms with Crippen LogP contribution in [-0.4, -0.2) is 36.0 Å². The molecule has 0 aliphatic carbocycles. The van der Waals surface area contributed by atoms with E-state index in [0.29, 0.717) is 32.8 Å². The number of ether oxygens (including phenoxy) is 2. The van der Waals surface area contributed by atoms with Gasteiger partial charge in [-0.2, -0.15) is 0 Å². The average molecular weight is 497 g/mol. The minimum atomic E-state index is -1.98. The molecule has 0 saturated heterocycles. The number of hydrogen-bond acceptors (Lipinski definition) is 6. The van der Waals surface area contributed by atoms with Crippen LogP contribution in [0.5, 0.6) is 11.5 Å². The Morgan fingerprint density at radius 2 is 1.78 bits per heavy atom. The molecular formula is C24H21BrN2O5. The second kappa shape index (κ2) is 8.72. The molecule has 1 aliphatic heterocycles. The number of anilines is 1. The highest BCUT2D eigenvalue weighted by Gasteiger charge is 2.51. The highest BCUT2D eigenvalue weighted by molar-refractivity contribution is 9.10. The maximum Gasteiger partial charge on any atom is 0.264 e. The molecule has 0 radical (unpaired) electrons. The van der Waals surface area contributed by atoms with E-state index < -0.39 is 11.5 Å². The second-order valence-corrected chi connectivity index (χ2v) is 8.35. The van der Waals surface area contributed by atoms with Gasteiger partial charge in [0.25, 0.3) is 5.91 Å². The van der Waals surface area contributed by atoms with Crippen LogP contribution in [0.1, 0.15) is 27.9 Å². The number of hydrogen-bond donors (Lipinski definition) is 1. The van der Waals surface area contributed by atoms with E-state index in [0.717, 1.165) is 5.56 Å². The summed E-state index contributed by atoms with van der Waals surface area (Å²) < 4.78 is 11.3. The molecule has 0 fully saturated rings. The van der Waals surface area contributed by atoms with Crippen molar-refractivity contribution in [3.8, 4) is 11.5 Å². The van der Waals surface area contributed by atoms with Gasteiger partial charge in [0.1, 0.15) is 0 Å². The number of pyridine rings is 1. The molecule has 2 aromatic carbocycles. The molecule has 3 aromatic rings. The number of aromatic nitrogens is 1. The number of amides is 1. The molecule has 164 valence electrons. The van der Waals surface area contributed by atoms with Gasteiger partial charge in [0.05, 0.1) is 32.9 Å². The summed E-state index contributed by atoms with van der Waals surface area (Å²) in [6, 6.07) is 13.7. The molecule has 1 amide bonds. The van der Waals surface area contributed by atoms with Crippen LogP contribution in [0.3, 0.4) is 0 Å². The van der Waals surface area contributed by atoms with E-state index in [4.69, 9.17) is 9.47 Å². The lowest BCUT2D eigenvalue weighted by molar-refractivity contribution is -0.136. The maximum atomic E-state index is 13.5. The van der Waals surface area contributed by atoms with E-state index in [1.54, 1.807) is 56.7 Å². The molecule has 32 heavy (non-hydrogen) atoms. The summed E-state index contributed by atoms with van der Waals surface area (Å²) in [5, 5.41) is 11.5. The number of nitrogens with zero attached hydrogens (tertiary/aromatic N) is 2. The Hall–Kier alpha value is -3.23. The fraction of sp³-hybridized carbons (Fsp3) is 0.208. The van der Waals surface area contributed by atoms with Gasteiger partial charge in [0, 0.05) is 28.0 Å². The molecule has 2 heterocycles. The lowest BCUT2D eigenvalue weighted by atomic mass is 9.88. The van der Waals surface area contributed by atoms with Crippen molar-refractivity contribution in [3.05, 3.63) is 82.1 Å². The highest BCUT2D eigenvalue weighted by atomic mass is 79.9. The normalized spacial score (nSPS) is 17.2. The zero-order valence-corrected chi connectivity index (χ0v) is 19.1. The van der Waals surface area contributed by atoms with E-state index in [1.807, 2.05) is 6.07 Å². The molecule has 0 bridgehead atoms. The average Bonchev–Trinajstić information content (AvgIpc) is 3.00. The van der Waals surface area contributed by atoms with Crippen molar-refractivity contribution in [1.82, 2.24) is 4.98 Å². The Bertz CT molecular complexity index is 1180.